The van der Waals surface area contributed by atoms with Gasteiger partial charge in [-0.3, -0.25) is 4.79 Å². The van der Waals surface area contributed by atoms with Crippen molar-refractivity contribution in [3.8, 4) is 21.9 Å². The van der Waals surface area contributed by atoms with E-state index in [-0.39, 0.29) is 5.91 Å². The number of thiophene rings is 1. The summed E-state index contributed by atoms with van der Waals surface area (Å²) in [4.78, 5) is 14.3. The highest BCUT2D eigenvalue weighted by Gasteiger charge is 2.22. The van der Waals surface area contributed by atoms with Crippen molar-refractivity contribution >= 4 is 34.5 Å². The van der Waals surface area contributed by atoms with Gasteiger partial charge in [0.05, 0.1) is 17.0 Å². The van der Waals surface area contributed by atoms with Crippen molar-refractivity contribution in [1.29, 1.82) is 0 Å². The summed E-state index contributed by atoms with van der Waals surface area (Å²) in [5, 5.41) is 3.33. The van der Waals surface area contributed by atoms with Crippen LogP contribution in [-0.2, 0) is 6.61 Å². The number of hydrogen-bond acceptors (Lipinski definition) is 4. The lowest BCUT2D eigenvalue weighted by Gasteiger charge is -2.16. The van der Waals surface area contributed by atoms with Crippen LogP contribution in [0.4, 0.5) is 5.69 Å². The molecule has 1 amide bonds. The minimum absolute atomic E-state index is 0.168. The zero-order valence-corrected chi connectivity index (χ0v) is 14.9. The summed E-state index contributed by atoms with van der Waals surface area (Å²) in [6.07, 6.45) is 0. The summed E-state index contributed by atoms with van der Waals surface area (Å²) in [5.41, 5.74) is 2.68. The third-order valence-electron chi connectivity index (χ3n) is 3.96. The van der Waals surface area contributed by atoms with Crippen LogP contribution in [0, 0.1) is 0 Å². The molecule has 0 aliphatic carbocycles. The zero-order chi connectivity index (χ0) is 17.4. The van der Waals surface area contributed by atoms with Crippen molar-refractivity contribution in [2.45, 2.75) is 6.61 Å². The first-order chi connectivity index (χ1) is 12.2. The molecule has 2 aromatic carbocycles. The topological polar surface area (TPSA) is 47.6 Å². The van der Waals surface area contributed by atoms with Crippen molar-refractivity contribution in [2.75, 3.05) is 12.4 Å². The van der Waals surface area contributed by atoms with E-state index in [9.17, 15) is 4.79 Å². The van der Waals surface area contributed by atoms with Crippen LogP contribution in [0.1, 0.15) is 15.2 Å². The molecule has 126 valence electrons. The average Bonchev–Trinajstić information content (AvgIpc) is 3.07. The molecule has 4 rings (SSSR count). The number of benzene rings is 2. The van der Waals surface area contributed by atoms with Crippen LogP contribution in [-0.4, -0.2) is 13.0 Å². The Hall–Kier alpha value is -2.50. The Morgan fingerprint density at radius 2 is 2.08 bits per heavy atom. The third kappa shape index (κ3) is 2.97. The van der Waals surface area contributed by atoms with E-state index in [2.05, 4.69) is 5.32 Å². The van der Waals surface area contributed by atoms with Crippen LogP contribution in [0.3, 0.4) is 0 Å². The zero-order valence-electron chi connectivity index (χ0n) is 13.3. The van der Waals surface area contributed by atoms with Gasteiger partial charge in [-0.15, -0.1) is 11.3 Å². The summed E-state index contributed by atoms with van der Waals surface area (Å²) >= 11 is 7.57. The van der Waals surface area contributed by atoms with E-state index in [0.29, 0.717) is 27.9 Å². The lowest BCUT2D eigenvalue weighted by molar-refractivity contribution is 0.103. The Kier molecular flexibility index (Phi) is 4.11. The quantitative estimate of drug-likeness (QED) is 0.686. The number of anilines is 1. The molecule has 6 heteroatoms. The largest absolute Gasteiger partial charge is 0.495 e. The standard InChI is InChI=1S/C19H14ClNO3S/c1-23-16-7-6-12(9-14(16)20)21-19(22)17-8-11-10-24-15-5-3-2-4-13(15)18(11)25-17/h2-9H,10H2,1H3,(H,21,22). The van der Waals surface area contributed by atoms with E-state index in [0.717, 1.165) is 21.8 Å². The first-order valence-electron chi connectivity index (χ1n) is 7.65. The molecule has 0 unspecified atom stereocenters. The molecular weight excluding hydrogens is 358 g/mol. The molecular formula is C19H14ClNO3S. The molecule has 3 aromatic rings. The molecule has 4 nitrogen and oxygen atoms in total. The number of rotatable bonds is 3. The first kappa shape index (κ1) is 16.0. The number of ether oxygens (including phenoxy) is 2. The van der Waals surface area contributed by atoms with Crippen LogP contribution in [0.5, 0.6) is 11.5 Å². The maximum atomic E-state index is 12.6. The van der Waals surface area contributed by atoms with Gasteiger partial charge in [0, 0.05) is 21.7 Å². The van der Waals surface area contributed by atoms with Crippen LogP contribution in [0.15, 0.2) is 48.5 Å². The minimum Gasteiger partial charge on any atom is -0.495 e. The fourth-order valence-corrected chi connectivity index (χ4v) is 4.10. The van der Waals surface area contributed by atoms with Crippen molar-refractivity contribution < 1.29 is 14.3 Å². The number of amides is 1. The van der Waals surface area contributed by atoms with Gasteiger partial charge in [0.15, 0.2) is 0 Å². The Morgan fingerprint density at radius 1 is 1.24 bits per heavy atom. The van der Waals surface area contributed by atoms with Gasteiger partial charge in [0.1, 0.15) is 18.1 Å². The van der Waals surface area contributed by atoms with E-state index in [1.54, 1.807) is 25.3 Å². The van der Waals surface area contributed by atoms with Crippen molar-refractivity contribution in [2.24, 2.45) is 0 Å². The smallest absolute Gasteiger partial charge is 0.265 e. The van der Waals surface area contributed by atoms with Gasteiger partial charge in [-0.2, -0.15) is 0 Å². The van der Waals surface area contributed by atoms with Crippen molar-refractivity contribution in [3.63, 3.8) is 0 Å². The van der Waals surface area contributed by atoms with Gasteiger partial charge in [-0.1, -0.05) is 23.7 Å². The summed E-state index contributed by atoms with van der Waals surface area (Å²) < 4.78 is 10.9. The lowest BCUT2D eigenvalue weighted by Crippen LogP contribution is -2.10. The third-order valence-corrected chi connectivity index (χ3v) is 5.46. The van der Waals surface area contributed by atoms with Crippen molar-refractivity contribution in [3.05, 3.63) is 64.0 Å². The summed E-state index contributed by atoms with van der Waals surface area (Å²) in [6.45, 7) is 0.477. The fourth-order valence-electron chi connectivity index (χ4n) is 2.75. The molecule has 25 heavy (non-hydrogen) atoms. The number of para-hydroxylation sites is 1. The van der Waals surface area contributed by atoms with Crippen LogP contribution < -0.4 is 14.8 Å². The summed E-state index contributed by atoms with van der Waals surface area (Å²) in [6, 6.07) is 14.9. The first-order valence-corrected chi connectivity index (χ1v) is 8.85. The van der Waals surface area contributed by atoms with Gasteiger partial charge in [-0.05, 0) is 36.4 Å². The highest BCUT2D eigenvalue weighted by molar-refractivity contribution is 7.17. The number of carbonyl (C=O) groups excluding carboxylic acids is 1. The Morgan fingerprint density at radius 3 is 2.88 bits per heavy atom. The maximum Gasteiger partial charge on any atom is 0.265 e. The van der Waals surface area contributed by atoms with Gasteiger partial charge in [0.25, 0.3) is 5.91 Å². The van der Waals surface area contributed by atoms with E-state index < -0.39 is 0 Å². The molecule has 0 atom stereocenters. The molecule has 0 bridgehead atoms. The van der Waals surface area contributed by atoms with Crippen molar-refractivity contribution in [1.82, 2.24) is 0 Å². The van der Waals surface area contributed by atoms with Crippen LogP contribution in [0.25, 0.3) is 10.4 Å². The number of hydrogen-bond donors (Lipinski definition) is 1. The van der Waals surface area contributed by atoms with Gasteiger partial charge in [-0.25, -0.2) is 0 Å². The summed E-state index contributed by atoms with van der Waals surface area (Å²) in [7, 11) is 1.55. The van der Waals surface area contributed by atoms with Gasteiger partial charge < -0.3 is 14.8 Å². The number of carbonyl (C=O) groups is 1. The summed E-state index contributed by atoms with van der Waals surface area (Å²) in [5.74, 6) is 1.25. The molecule has 0 fully saturated rings. The normalized spacial score (nSPS) is 11.9. The highest BCUT2D eigenvalue weighted by Crippen LogP contribution is 2.42. The Balaban J connectivity index is 1.60. The second kappa shape index (κ2) is 6.43. The SMILES string of the molecule is COc1ccc(NC(=O)c2cc3c(s2)-c2ccccc2OC3)cc1Cl. The molecule has 0 spiro atoms. The molecule has 0 saturated heterocycles. The second-order valence-corrected chi connectivity index (χ2v) is 7.01. The minimum atomic E-state index is -0.168. The molecule has 1 aliphatic heterocycles. The van der Waals surface area contributed by atoms with Crippen LogP contribution >= 0.6 is 22.9 Å². The van der Waals surface area contributed by atoms with Crippen LogP contribution in [0.2, 0.25) is 5.02 Å². The van der Waals surface area contributed by atoms with Gasteiger partial charge in [0.2, 0.25) is 0 Å². The molecule has 1 aromatic heterocycles. The lowest BCUT2D eigenvalue weighted by atomic mass is 10.1. The molecule has 2 heterocycles. The number of nitrogens with one attached hydrogen (secondary N) is 1. The maximum absolute atomic E-state index is 12.6. The fraction of sp³-hybridized carbons (Fsp3) is 0.105. The van der Waals surface area contributed by atoms with E-state index in [1.165, 1.54) is 11.3 Å². The predicted octanol–water partition coefficient (Wildman–Crippen LogP) is 5.22. The molecule has 1 N–H and O–H groups in total. The Labute approximate surface area is 154 Å². The number of methoxy groups -OCH3 is 1. The van der Waals surface area contributed by atoms with E-state index in [1.807, 2.05) is 30.3 Å². The van der Waals surface area contributed by atoms with Gasteiger partial charge >= 0.3 is 0 Å². The average molecular weight is 372 g/mol. The molecule has 0 saturated carbocycles. The molecule has 0 radical (unpaired) electrons. The Bertz CT molecular complexity index is 967. The number of fused-ring (bicyclic) bond motifs is 3. The monoisotopic (exact) mass is 371 g/mol. The number of halogens is 1. The second-order valence-electron chi connectivity index (χ2n) is 5.55. The highest BCUT2D eigenvalue weighted by atomic mass is 35.5. The van der Waals surface area contributed by atoms with E-state index in [4.69, 9.17) is 21.1 Å². The van der Waals surface area contributed by atoms with E-state index >= 15 is 0 Å². The predicted molar refractivity (Wildman–Crippen MR) is 100 cm³/mol. The molecule has 1 aliphatic rings.